The zero-order chi connectivity index (χ0) is 15.6. The first kappa shape index (κ1) is 13.8. The molecule has 7 heteroatoms. The predicted octanol–water partition coefficient (Wildman–Crippen LogP) is 1.19. The van der Waals surface area contributed by atoms with Crippen LogP contribution in [-0.2, 0) is 19.5 Å². The van der Waals surface area contributed by atoms with E-state index >= 15 is 0 Å². The highest BCUT2D eigenvalue weighted by atomic mass is 16.5. The van der Waals surface area contributed by atoms with E-state index in [0.717, 1.165) is 30.8 Å². The lowest BCUT2D eigenvalue weighted by Crippen LogP contribution is -2.26. The minimum Gasteiger partial charge on any atom is -0.348 e. The Labute approximate surface area is 132 Å². The standard InChI is InChI=1S/C16H15N5O2/c22-16(14-12-2-1-4-18-15(12)21-23-14)20-8-10-6-11-9-17-5-3-13(11)19-7-10/h1-2,4,6-7,17H,3,5,8-9H2,(H,20,22). The quantitative estimate of drug-likeness (QED) is 0.755. The van der Waals surface area contributed by atoms with Crippen LogP contribution in [0.5, 0.6) is 0 Å². The van der Waals surface area contributed by atoms with Crippen LogP contribution in [-0.4, -0.2) is 27.6 Å². The van der Waals surface area contributed by atoms with Crippen LogP contribution in [0, 0.1) is 0 Å². The number of carbonyl (C=O) groups is 1. The van der Waals surface area contributed by atoms with Gasteiger partial charge in [0.25, 0.3) is 5.91 Å². The van der Waals surface area contributed by atoms with Crippen molar-refractivity contribution >= 4 is 16.9 Å². The summed E-state index contributed by atoms with van der Waals surface area (Å²) >= 11 is 0. The Kier molecular flexibility index (Phi) is 3.47. The second kappa shape index (κ2) is 5.77. The van der Waals surface area contributed by atoms with Crippen LogP contribution in [0.1, 0.15) is 27.4 Å². The number of amides is 1. The zero-order valence-corrected chi connectivity index (χ0v) is 12.4. The molecule has 3 aromatic rings. The van der Waals surface area contributed by atoms with E-state index in [1.807, 2.05) is 6.20 Å². The Bertz CT molecular complexity index is 874. The second-order valence-electron chi connectivity index (χ2n) is 5.45. The van der Waals surface area contributed by atoms with Crippen LogP contribution < -0.4 is 10.6 Å². The molecule has 1 amide bonds. The summed E-state index contributed by atoms with van der Waals surface area (Å²) < 4.78 is 5.11. The predicted molar refractivity (Wildman–Crippen MR) is 82.6 cm³/mol. The minimum absolute atomic E-state index is 0.181. The Morgan fingerprint density at radius 2 is 2.35 bits per heavy atom. The van der Waals surface area contributed by atoms with Gasteiger partial charge in [-0.25, -0.2) is 4.98 Å². The van der Waals surface area contributed by atoms with E-state index < -0.39 is 0 Å². The Hall–Kier alpha value is -2.80. The largest absolute Gasteiger partial charge is 0.348 e. The van der Waals surface area contributed by atoms with Crippen molar-refractivity contribution in [3.63, 3.8) is 0 Å². The van der Waals surface area contributed by atoms with Gasteiger partial charge in [0.1, 0.15) is 0 Å². The van der Waals surface area contributed by atoms with Crippen molar-refractivity contribution in [2.45, 2.75) is 19.5 Å². The summed E-state index contributed by atoms with van der Waals surface area (Å²) in [5.74, 6) is -0.128. The first-order valence-electron chi connectivity index (χ1n) is 7.47. The smallest absolute Gasteiger partial charge is 0.290 e. The number of hydrogen-bond donors (Lipinski definition) is 2. The molecule has 0 saturated carbocycles. The van der Waals surface area contributed by atoms with Gasteiger partial charge in [0.05, 0.1) is 5.39 Å². The molecule has 4 rings (SSSR count). The van der Waals surface area contributed by atoms with Crippen molar-refractivity contribution in [3.8, 4) is 0 Å². The fourth-order valence-electron chi connectivity index (χ4n) is 2.70. The first-order chi connectivity index (χ1) is 11.3. The lowest BCUT2D eigenvalue weighted by atomic mass is 10.1. The van der Waals surface area contributed by atoms with Crippen LogP contribution >= 0.6 is 0 Å². The van der Waals surface area contributed by atoms with Gasteiger partial charge in [-0.3, -0.25) is 9.78 Å². The van der Waals surface area contributed by atoms with Gasteiger partial charge in [0, 0.05) is 44.1 Å². The van der Waals surface area contributed by atoms with Crippen molar-refractivity contribution < 1.29 is 9.32 Å². The minimum atomic E-state index is -0.309. The Morgan fingerprint density at radius 1 is 1.39 bits per heavy atom. The van der Waals surface area contributed by atoms with Crippen molar-refractivity contribution in [1.29, 1.82) is 0 Å². The molecule has 1 aliphatic rings. The van der Waals surface area contributed by atoms with Crippen LogP contribution in [0.25, 0.3) is 11.0 Å². The highest BCUT2D eigenvalue weighted by molar-refractivity contribution is 6.02. The summed E-state index contributed by atoms with van der Waals surface area (Å²) in [6, 6.07) is 5.59. The van der Waals surface area contributed by atoms with Crippen molar-refractivity contribution in [2.75, 3.05) is 6.54 Å². The zero-order valence-electron chi connectivity index (χ0n) is 12.4. The van der Waals surface area contributed by atoms with E-state index in [4.69, 9.17) is 4.52 Å². The van der Waals surface area contributed by atoms with Crippen LogP contribution in [0.4, 0.5) is 0 Å². The molecule has 0 unspecified atom stereocenters. The third kappa shape index (κ3) is 2.66. The van der Waals surface area contributed by atoms with Gasteiger partial charge < -0.3 is 15.2 Å². The van der Waals surface area contributed by atoms with Gasteiger partial charge >= 0.3 is 0 Å². The number of aromatic nitrogens is 3. The molecule has 2 N–H and O–H groups in total. The monoisotopic (exact) mass is 309 g/mol. The summed E-state index contributed by atoms with van der Waals surface area (Å²) in [5, 5.41) is 10.6. The highest BCUT2D eigenvalue weighted by Crippen LogP contribution is 2.16. The van der Waals surface area contributed by atoms with E-state index in [1.54, 1.807) is 18.3 Å². The lowest BCUT2D eigenvalue weighted by molar-refractivity contribution is 0.0916. The molecule has 7 nitrogen and oxygen atoms in total. The van der Waals surface area contributed by atoms with Crippen LogP contribution in [0.15, 0.2) is 35.1 Å². The van der Waals surface area contributed by atoms with Gasteiger partial charge in [0.2, 0.25) is 11.4 Å². The number of hydrogen-bond acceptors (Lipinski definition) is 6. The molecule has 3 aromatic heterocycles. The van der Waals surface area contributed by atoms with E-state index in [2.05, 4.69) is 31.8 Å². The number of pyridine rings is 2. The van der Waals surface area contributed by atoms with Gasteiger partial charge in [-0.05, 0) is 29.3 Å². The first-order valence-corrected chi connectivity index (χ1v) is 7.47. The summed E-state index contributed by atoms with van der Waals surface area (Å²) in [6.07, 6.45) is 4.36. The second-order valence-corrected chi connectivity index (χ2v) is 5.45. The molecule has 0 saturated heterocycles. The van der Waals surface area contributed by atoms with Gasteiger partial charge in [-0.2, -0.15) is 0 Å². The fraction of sp³-hybridized carbons (Fsp3) is 0.250. The molecule has 1 aliphatic heterocycles. The van der Waals surface area contributed by atoms with Gasteiger partial charge in [-0.1, -0.05) is 5.16 Å². The van der Waals surface area contributed by atoms with E-state index in [0.29, 0.717) is 17.6 Å². The molecular weight excluding hydrogens is 294 g/mol. The van der Waals surface area contributed by atoms with E-state index in [1.165, 1.54) is 5.56 Å². The third-order valence-electron chi connectivity index (χ3n) is 3.88. The normalized spacial score (nSPS) is 13.7. The molecule has 0 spiro atoms. The summed E-state index contributed by atoms with van der Waals surface area (Å²) in [5.41, 5.74) is 3.71. The summed E-state index contributed by atoms with van der Waals surface area (Å²) in [6.45, 7) is 2.17. The SMILES string of the molecule is O=C(NCc1cnc2c(c1)CNCC2)c1onc2ncccc12. The molecule has 0 fully saturated rings. The topological polar surface area (TPSA) is 92.9 Å². The van der Waals surface area contributed by atoms with Crippen molar-refractivity contribution in [3.05, 3.63) is 53.2 Å². The maximum absolute atomic E-state index is 12.3. The number of rotatable bonds is 3. The third-order valence-corrected chi connectivity index (χ3v) is 3.88. The molecular formula is C16H15N5O2. The van der Waals surface area contributed by atoms with E-state index in [9.17, 15) is 4.79 Å². The molecule has 0 radical (unpaired) electrons. The van der Waals surface area contributed by atoms with Gasteiger partial charge in [0.15, 0.2) is 0 Å². The molecule has 116 valence electrons. The molecule has 0 aromatic carbocycles. The molecule has 4 heterocycles. The van der Waals surface area contributed by atoms with Crippen molar-refractivity contribution in [2.24, 2.45) is 0 Å². The summed E-state index contributed by atoms with van der Waals surface area (Å²) in [7, 11) is 0. The van der Waals surface area contributed by atoms with E-state index in [-0.39, 0.29) is 11.7 Å². The molecule has 23 heavy (non-hydrogen) atoms. The lowest BCUT2D eigenvalue weighted by Gasteiger charge is -2.16. The Morgan fingerprint density at radius 3 is 3.30 bits per heavy atom. The number of nitrogens with one attached hydrogen (secondary N) is 2. The highest BCUT2D eigenvalue weighted by Gasteiger charge is 2.17. The maximum Gasteiger partial charge on any atom is 0.290 e. The van der Waals surface area contributed by atoms with Gasteiger partial charge in [-0.15, -0.1) is 0 Å². The number of carbonyl (C=O) groups excluding carboxylic acids is 1. The number of fused-ring (bicyclic) bond motifs is 2. The molecule has 0 bridgehead atoms. The Balaban J connectivity index is 1.49. The summed E-state index contributed by atoms with van der Waals surface area (Å²) in [4.78, 5) is 20.8. The molecule has 0 aliphatic carbocycles. The van der Waals surface area contributed by atoms with Crippen molar-refractivity contribution in [1.82, 2.24) is 25.8 Å². The maximum atomic E-state index is 12.3. The average molecular weight is 309 g/mol. The fourth-order valence-corrected chi connectivity index (χ4v) is 2.70. The average Bonchev–Trinajstić information content (AvgIpc) is 3.03. The van der Waals surface area contributed by atoms with Crippen LogP contribution in [0.2, 0.25) is 0 Å². The number of nitrogens with zero attached hydrogens (tertiary/aromatic N) is 3. The molecule has 0 atom stereocenters. The van der Waals surface area contributed by atoms with Crippen LogP contribution in [0.3, 0.4) is 0 Å².